The summed E-state index contributed by atoms with van der Waals surface area (Å²) in [5.41, 5.74) is 0.347. The van der Waals surface area contributed by atoms with E-state index in [9.17, 15) is 19.7 Å². The highest BCUT2D eigenvalue weighted by Crippen LogP contribution is 2.55. The molecule has 0 radical (unpaired) electrons. The number of nitrogens with zero attached hydrogens (tertiary/aromatic N) is 1. The first-order chi connectivity index (χ1) is 14.4. The number of para-hydroxylation sites is 2. The fraction of sp³-hybridized carbons (Fsp3) is 0.636. The minimum Gasteiger partial charge on any atom is -0.456 e. The molecule has 2 N–H and O–H groups in total. The van der Waals surface area contributed by atoms with E-state index in [4.69, 9.17) is 4.74 Å². The molecule has 4 aliphatic carbocycles. The quantitative estimate of drug-likeness (QED) is 0.277. The molecule has 4 fully saturated rings. The Kier molecular flexibility index (Phi) is 5.92. The van der Waals surface area contributed by atoms with E-state index in [1.54, 1.807) is 18.2 Å². The molecule has 1 aromatic carbocycles. The second-order valence-electron chi connectivity index (χ2n) is 9.21. The predicted molar refractivity (Wildman–Crippen MR) is 111 cm³/mol. The SMILES string of the molecule is O=C(COC(=O)CCCNc1ccccc1[N+](=O)[O-])NC12CC3CC(CC(C3)C1)C2. The van der Waals surface area contributed by atoms with Crippen molar-refractivity contribution in [1.82, 2.24) is 5.32 Å². The van der Waals surface area contributed by atoms with Crippen LogP contribution < -0.4 is 10.6 Å². The molecule has 4 bridgehead atoms. The van der Waals surface area contributed by atoms with Gasteiger partial charge in [0.05, 0.1) is 4.92 Å². The zero-order valence-corrected chi connectivity index (χ0v) is 17.1. The van der Waals surface area contributed by atoms with Crippen LogP contribution in [0.15, 0.2) is 24.3 Å². The predicted octanol–water partition coefficient (Wildman–Crippen LogP) is 3.42. The maximum Gasteiger partial charge on any atom is 0.306 e. The number of nitro groups is 1. The Labute approximate surface area is 175 Å². The van der Waals surface area contributed by atoms with Gasteiger partial charge in [-0.15, -0.1) is 0 Å². The lowest BCUT2D eigenvalue weighted by atomic mass is 9.53. The molecule has 1 aromatic rings. The third kappa shape index (κ3) is 4.74. The number of amides is 1. The topological polar surface area (TPSA) is 111 Å². The molecular formula is C22H29N3O5. The monoisotopic (exact) mass is 415 g/mol. The molecule has 4 saturated carbocycles. The highest BCUT2D eigenvalue weighted by Gasteiger charge is 2.51. The molecule has 0 aromatic heterocycles. The summed E-state index contributed by atoms with van der Waals surface area (Å²) in [6, 6.07) is 6.38. The van der Waals surface area contributed by atoms with Gasteiger partial charge in [0.1, 0.15) is 5.69 Å². The Bertz CT molecular complexity index is 789. The number of nitrogens with one attached hydrogen (secondary N) is 2. The summed E-state index contributed by atoms with van der Waals surface area (Å²) in [6.07, 6.45) is 7.74. The fourth-order valence-electron chi connectivity index (χ4n) is 6.05. The maximum absolute atomic E-state index is 12.4. The molecule has 1 amide bonds. The van der Waals surface area contributed by atoms with Crippen LogP contribution in [-0.4, -0.2) is 35.5 Å². The molecule has 0 atom stereocenters. The fourth-order valence-corrected chi connectivity index (χ4v) is 6.05. The minimum atomic E-state index is -0.445. The van der Waals surface area contributed by atoms with Crippen molar-refractivity contribution in [2.24, 2.45) is 17.8 Å². The first kappa shape index (κ1) is 20.6. The van der Waals surface area contributed by atoms with E-state index in [0.717, 1.165) is 37.0 Å². The Morgan fingerprint density at radius 3 is 2.37 bits per heavy atom. The highest BCUT2D eigenvalue weighted by atomic mass is 16.6. The molecular weight excluding hydrogens is 386 g/mol. The van der Waals surface area contributed by atoms with E-state index in [2.05, 4.69) is 10.6 Å². The number of hydrogen-bond donors (Lipinski definition) is 2. The number of hydrogen-bond acceptors (Lipinski definition) is 6. The zero-order valence-electron chi connectivity index (χ0n) is 17.1. The number of esters is 1. The van der Waals surface area contributed by atoms with Gasteiger partial charge >= 0.3 is 5.97 Å². The summed E-state index contributed by atoms with van der Waals surface area (Å²) in [6.45, 7) is 0.164. The van der Waals surface area contributed by atoms with Gasteiger partial charge in [-0.25, -0.2) is 0 Å². The zero-order chi connectivity index (χ0) is 21.1. The first-order valence-electron chi connectivity index (χ1n) is 10.9. The van der Waals surface area contributed by atoms with E-state index in [-0.39, 0.29) is 30.2 Å². The molecule has 162 valence electrons. The number of benzene rings is 1. The summed E-state index contributed by atoms with van der Waals surface area (Å²) < 4.78 is 5.15. The van der Waals surface area contributed by atoms with Crippen LogP contribution >= 0.6 is 0 Å². The lowest BCUT2D eigenvalue weighted by molar-refractivity contribution is -0.384. The Balaban J connectivity index is 1.15. The summed E-state index contributed by atoms with van der Waals surface area (Å²) in [7, 11) is 0. The molecule has 0 heterocycles. The van der Waals surface area contributed by atoms with Crippen LogP contribution in [0.2, 0.25) is 0 Å². The van der Waals surface area contributed by atoms with Crippen molar-refractivity contribution in [1.29, 1.82) is 0 Å². The second kappa shape index (κ2) is 8.62. The molecule has 4 aliphatic rings. The highest BCUT2D eigenvalue weighted by molar-refractivity contribution is 5.81. The van der Waals surface area contributed by atoms with Crippen LogP contribution in [0.25, 0.3) is 0 Å². The van der Waals surface area contributed by atoms with Crippen molar-refractivity contribution in [3.05, 3.63) is 34.4 Å². The van der Waals surface area contributed by atoms with Gasteiger partial charge < -0.3 is 15.4 Å². The van der Waals surface area contributed by atoms with Crippen molar-refractivity contribution in [3.63, 3.8) is 0 Å². The lowest BCUT2D eigenvalue weighted by Crippen LogP contribution is -2.60. The lowest BCUT2D eigenvalue weighted by Gasteiger charge is -2.56. The third-order valence-corrected chi connectivity index (χ3v) is 6.78. The molecule has 8 heteroatoms. The van der Waals surface area contributed by atoms with Gasteiger partial charge in [-0.05, 0) is 68.8 Å². The van der Waals surface area contributed by atoms with Crippen molar-refractivity contribution in [2.45, 2.75) is 56.9 Å². The molecule has 5 rings (SSSR count). The average molecular weight is 415 g/mol. The van der Waals surface area contributed by atoms with Gasteiger partial charge in [0.2, 0.25) is 0 Å². The summed E-state index contributed by atoms with van der Waals surface area (Å²) in [5, 5.41) is 17.2. The van der Waals surface area contributed by atoms with Crippen LogP contribution in [0.5, 0.6) is 0 Å². The number of ether oxygens (including phenoxy) is 1. The number of anilines is 1. The molecule has 0 unspecified atom stereocenters. The molecule has 0 spiro atoms. The number of carbonyl (C=O) groups is 2. The van der Waals surface area contributed by atoms with Crippen LogP contribution in [0.4, 0.5) is 11.4 Å². The van der Waals surface area contributed by atoms with Crippen LogP contribution in [0, 0.1) is 27.9 Å². The second-order valence-corrected chi connectivity index (χ2v) is 9.21. The van der Waals surface area contributed by atoms with Gasteiger partial charge in [0.25, 0.3) is 11.6 Å². The molecule has 8 nitrogen and oxygen atoms in total. The minimum absolute atomic E-state index is 0.00132. The third-order valence-electron chi connectivity index (χ3n) is 6.78. The van der Waals surface area contributed by atoms with Gasteiger partial charge in [-0.3, -0.25) is 19.7 Å². The smallest absolute Gasteiger partial charge is 0.306 e. The maximum atomic E-state index is 12.4. The van der Waals surface area contributed by atoms with Crippen LogP contribution in [-0.2, 0) is 14.3 Å². The van der Waals surface area contributed by atoms with Gasteiger partial charge in [0, 0.05) is 24.6 Å². The normalized spacial score (nSPS) is 28.7. The first-order valence-corrected chi connectivity index (χ1v) is 10.9. The Morgan fingerprint density at radius 2 is 1.73 bits per heavy atom. The van der Waals surface area contributed by atoms with Gasteiger partial charge in [-0.1, -0.05) is 12.1 Å². The summed E-state index contributed by atoms with van der Waals surface area (Å²) in [5.74, 6) is 1.59. The number of rotatable bonds is 9. The summed E-state index contributed by atoms with van der Waals surface area (Å²) in [4.78, 5) is 34.9. The van der Waals surface area contributed by atoms with E-state index in [0.29, 0.717) is 18.7 Å². The van der Waals surface area contributed by atoms with E-state index in [1.807, 2.05) is 0 Å². The molecule has 0 aliphatic heterocycles. The largest absolute Gasteiger partial charge is 0.456 e. The molecule has 30 heavy (non-hydrogen) atoms. The Morgan fingerprint density at radius 1 is 1.10 bits per heavy atom. The van der Waals surface area contributed by atoms with Crippen molar-refractivity contribution in [2.75, 3.05) is 18.5 Å². The Hall–Kier alpha value is -2.64. The van der Waals surface area contributed by atoms with Crippen molar-refractivity contribution >= 4 is 23.3 Å². The van der Waals surface area contributed by atoms with Crippen LogP contribution in [0.3, 0.4) is 0 Å². The molecule has 0 saturated heterocycles. The van der Waals surface area contributed by atoms with Crippen molar-refractivity contribution < 1.29 is 19.2 Å². The van der Waals surface area contributed by atoms with Crippen LogP contribution in [0.1, 0.15) is 51.4 Å². The van der Waals surface area contributed by atoms with E-state index in [1.165, 1.54) is 25.3 Å². The standard InChI is InChI=1S/C22H29N3O5/c26-20(24-22-11-15-8-16(12-22)10-17(9-15)13-22)14-30-21(27)6-3-7-23-18-4-1-2-5-19(18)25(28)29/h1-2,4-5,15-17,23H,3,6-14H2,(H,24,26). The summed E-state index contributed by atoms with van der Waals surface area (Å²) >= 11 is 0. The number of carbonyl (C=O) groups excluding carboxylic acids is 2. The van der Waals surface area contributed by atoms with Crippen molar-refractivity contribution in [3.8, 4) is 0 Å². The van der Waals surface area contributed by atoms with Gasteiger partial charge in [0.15, 0.2) is 6.61 Å². The van der Waals surface area contributed by atoms with E-state index >= 15 is 0 Å². The van der Waals surface area contributed by atoms with E-state index < -0.39 is 10.9 Å². The average Bonchev–Trinajstić information content (AvgIpc) is 2.68. The number of nitro benzene ring substituents is 1. The van der Waals surface area contributed by atoms with Gasteiger partial charge in [-0.2, -0.15) is 0 Å².